The summed E-state index contributed by atoms with van der Waals surface area (Å²) in [7, 11) is 0. The average molecular weight is 758 g/mol. The zero-order chi connectivity index (χ0) is 40.5. The van der Waals surface area contributed by atoms with Gasteiger partial charge in [-0.05, 0) is 98.0 Å². The number of imidazole rings is 2. The quantitative estimate of drug-likeness (QED) is 0.138. The van der Waals surface area contributed by atoms with Gasteiger partial charge in [0, 0.05) is 35.0 Å². The van der Waals surface area contributed by atoms with Crippen molar-refractivity contribution in [2.24, 2.45) is 23.7 Å². The number of allylic oxidation sites excluding steroid dienone is 8. The molecule has 2 heterocycles. The van der Waals surface area contributed by atoms with E-state index in [1.807, 2.05) is 6.20 Å². The molecule has 3 aromatic carbocycles. The minimum Gasteiger partial charge on any atom is -0.300 e. The van der Waals surface area contributed by atoms with Crippen molar-refractivity contribution in [1.29, 1.82) is 0 Å². The van der Waals surface area contributed by atoms with E-state index in [2.05, 4.69) is 199 Å². The molecule has 4 heteroatoms. The Morgan fingerprint density at radius 3 is 2.04 bits per heavy atom. The normalized spacial score (nSPS) is 17.9. The molecule has 2 aromatic heterocycles. The molecule has 0 fully saturated rings. The molecule has 0 saturated heterocycles. The van der Waals surface area contributed by atoms with Crippen molar-refractivity contribution in [3.8, 4) is 28.5 Å². The zero-order valence-electron chi connectivity index (χ0n) is 36.4. The first-order valence-corrected chi connectivity index (χ1v) is 21.6. The predicted molar refractivity (Wildman–Crippen MR) is 240 cm³/mol. The number of para-hydroxylation sites is 1. The molecule has 2 atom stereocenters. The first-order chi connectivity index (χ1) is 27.4. The summed E-state index contributed by atoms with van der Waals surface area (Å²) < 4.78 is 7.19. The van der Waals surface area contributed by atoms with Gasteiger partial charge in [-0.15, -0.1) is 0 Å². The Kier molecular flexibility index (Phi) is 11.9. The second kappa shape index (κ2) is 16.9. The molecule has 0 bridgehead atoms. The first kappa shape index (κ1) is 40.2. The molecule has 0 amide bonds. The molecule has 0 aliphatic heterocycles. The van der Waals surface area contributed by atoms with Crippen LogP contribution in [0.25, 0.3) is 34.2 Å². The van der Waals surface area contributed by atoms with Crippen LogP contribution in [0, 0.1) is 30.6 Å². The third kappa shape index (κ3) is 7.73. The smallest absolute Gasteiger partial charge is 0.294 e. The highest BCUT2D eigenvalue weighted by Gasteiger charge is 2.42. The van der Waals surface area contributed by atoms with Crippen molar-refractivity contribution in [2.45, 2.75) is 113 Å². The molecular weight excluding hydrogens is 693 g/mol. The maximum atomic E-state index is 4.79. The molecule has 8 rings (SSSR count). The fraction of sp³-hybridized carbons (Fsp3) is 0.396. The van der Waals surface area contributed by atoms with Crippen molar-refractivity contribution >= 4 is 5.70 Å². The van der Waals surface area contributed by atoms with E-state index in [-0.39, 0.29) is 0 Å². The summed E-state index contributed by atoms with van der Waals surface area (Å²) >= 11 is 0. The van der Waals surface area contributed by atoms with Crippen LogP contribution < -0.4 is 4.57 Å². The molecule has 4 nitrogen and oxygen atoms in total. The van der Waals surface area contributed by atoms with E-state index < -0.39 is 0 Å². The van der Waals surface area contributed by atoms with Crippen LogP contribution in [0.3, 0.4) is 0 Å². The largest absolute Gasteiger partial charge is 0.300 e. The molecule has 0 N–H and O–H groups in total. The Balaban J connectivity index is 0.000000175. The van der Waals surface area contributed by atoms with Gasteiger partial charge in [0.05, 0.1) is 17.3 Å². The number of hydrogen-bond acceptors (Lipinski definition) is 1. The van der Waals surface area contributed by atoms with Gasteiger partial charge in [0.1, 0.15) is 23.9 Å². The minimum atomic E-state index is 0.398. The molecule has 57 heavy (non-hydrogen) atoms. The highest BCUT2D eigenvalue weighted by Crippen LogP contribution is 2.54. The monoisotopic (exact) mass is 758 g/mol. The van der Waals surface area contributed by atoms with E-state index in [1.54, 1.807) is 16.7 Å². The highest BCUT2D eigenvalue weighted by atomic mass is 15.2. The predicted octanol–water partition coefficient (Wildman–Crippen LogP) is 13.9. The average Bonchev–Trinajstić information content (AvgIpc) is 3.95. The van der Waals surface area contributed by atoms with Gasteiger partial charge in [0.25, 0.3) is 5.82 Å². The number of rotatable bonds is 9. The second-order valence-electron chi connectivity index (χ2n) is 18.0. The Labute approximate surface area is 343 Å². The lowest BCUT2D eigenvalue weighted by atomic mass is 9.71. The lowest BCUT2D eigenvalue weighted by Crippen LogP contribution is -2.37. The summed E-state index contributed by atoms with van der Waals surface area (Å²) in [6.45, 7) is 25.3. The Hall–Kier alpha value is -4.96. The van der Waals surface area contributed by atoms with Crippen molar-refractivity contribution < 1.29 is 4.57 Å². The van der Waals surface area contributed by atoms with Crippen molar-refractivity contribution in [3.63, 3.8) is 0 Å². The molecule has 3 aliphatic rings. The van der Waals surface area contributed by atoms with Gasteiger partial charge in [-0.1, -0.05) is 146 Å². The highest BCUT2D eigenvalue weighted by molar-refractivity contribution is 5.77. The molecule has 2 unspecified atom stereocenters. The van der Waals surface area contributed by atoms with E-state index in [1.165, 1.54) is 69.9 Å². The van der Waals surface area contributed by atoms with Gasteiger partial charge < -0.3 is 0 Å². The van der Waals surface area contributed by atoms with Crippen LogP contribution in [0.15, 0.2) is 138 Å². The summed E-state index contributed by atoms with van der Waals surface area (Å²) in [6, 6.07) is 26.5. The van der Waals surface area contributed by atoms with Crippen LogP contribution in [-0.2, 0) is 0 Å². The summed E-state index contributed by atoms with van der Waals surface area (Å²) in [5, 5.41) is 0. The van der Waals surface area contributed by atoms with Crippen molar-refractivity contribution in [1.82, 2.24) is 14.1 Å². The summed E-state index contributed by atoms with van der Waals surface area (Å²) in [4.78, 5) is 4.79. The third-order valence-electron chi connectivity index (χ3n) is 12.4. The van der Waals surface area contributed by atoms with Gasteiger partial charge >= 0.3 is 0 Å². The lowest BCUT2D eigenvalue weighted by Gasteiger charge is -2.36. The molecule has 0 spiro atoms. The SMILES string of the molecule is CC(C)C1=CC2CC3=C(C=CCC3)C2C(C(C)C)=C1n1ccnc1-c1ccccc1.Cc1ccccc1-c1n(-c2c(C(C)C)cccc2C(C)C)cc[n+]1C(C)C. The standard InChI is InChI=1S/C28H32N2.C25H33N2/c1-18(2)24-17-22-16-21-12-8-9-13-23(21)26(22)25(19(3)4)27(24)30-15-14-29-28(30)20-10-6-5-7-11-20;1-17(2)21-13-10-14-22(18(3)4)24(21)27-16-15-26(19(5)6)25(27)23-12-9-8-11-20(23)7/h5-7,9-11,13-15,17-19,22,26H,8,12,16H2,1-4H3;8-19H,1-7H3/q;+1. The molecule has 5 aromatic rings. The molecule has 0 saturated carbocycles. The second-order valence-corrected chi connectivity index (χ2v) is 18.0. The summed E-state index contributed by atoms with van der Waals surface area (Å²) in [5.41, 5.74) is 15.7. The summed E-state index contributed by atoms with van der Waals surface area (Å²) in [6.07, 6.45) is 19.7. The van der Waals surface area contributed by atoms with Crippen molar-refractivity contribution in [3.05, 3.63) is 155 Å². The molecule has 3 aliphatic carbocycles. The van der Waals surface area contributed by atoms with E-state index in [0.29, 0.717) is 41.5 Å². The van der Waals surface area contributed by atoms with Crippen LogP contribution in [0.1, 0.15) is 123 Å². The number of aryl methyl sites for hydroxylation is 1. The maximum Gasteiger partial charge on any atom is 0.294 e. The van der Waals surface area contributed by atoms with E-state index >= 15 is 0 Å². The Bertz CT molecular complexity index is 2310. The number of nitrogens with zero attached hydrogens (tertiary/aromatic N) is 4. The van der Waals surface area contributed by atoms with Gasteiger partial charge in [-0.2, -0.15) is 4.57 Å². The number of fused-ring (bicyclic) bond motifs is 2. The van der Waals surface area contributed by atoms with Crippen LogP contribution >= 0.6 is 0 Å². The number of aromatic nitrogens is 4. The number of hydrogen-bond donors (Lipinski definition) is 0. The lowest BCUT2D eigenvalue weighted by molar-refractivity contribution is -0.704. The number of benzene rings is 3. The van der Waals surface area contributed by atoms with Crippen LogP contribution in [0.2, 0.25) is 0 Å². The Morgan fingerprint density at radius 2 is 1.40 bits per heavy atom. The summed E-state index contributed by atoms with van der Waals surface area (Å²) in [5.74, 6) is 5.34. The van der Waals surface area contributed by atoms with Gasteiger partial charge in [0.15, 0.2) is 0 Å². The fourth-order valence-corrected chi connectivity index (χ4v) is 9.63. The first-order valence-electron chi connectivity index (χ1n) is 21.6. The van der Waals surface area contributed by atoms with Gasteiger partial charge in [-0.3, -0.25) is 4.57 Å². The van der Waals surface area contributed by atoms with Crippen LogP contribution in [-0.4, -0.2) is 14.1 Å². The third-order valence-corrected chi connectivity index (χ3v) is 12.4. The van der Waals surface area contributed by atoms with Gasteiger partial charge in [-0.25, -0.2) is 9.55 Å². The van der Waals surface area contributed by atoms with Crippen LogP contribution in [0.4, 0.5) is 0 Å². The van der Waals surface area contributed by atoms with Crippen LogP contribution in [0.5, 0.6) is 0 Å². The van der Waals surface area contributed by atoms with E-state index in [4.69, 9.17) is 4.98 Å². The maximum absolute atomic E-state index is 4.79. The van der Waals surface area contributed by atoms with Crippen molar-refractivity contribution in [2.75, 3.05) is 0 Å². The zero-order valence-corrected chi connectivity index (χ0v) is 36.4. The topological polar surface area (TPSA) is 26.6 Å². The molecule has 0 radical (unpaired) electrons. The molecular formula is C53H65N4+. The minimum absolute atomic E-state index is 0.398. The van der Waals surface area contributed by atoms with Gasteiger partial charge in [0.2, 0.25) is 0 Å². The fourth-order valence-electron chi connectivity index (χ4n) is 9.63. The van der Waals surface area contributed by atoms with E-state index in [0.717, 1.165) is 5.82 Å². The van der Waals surface area contributed by atoms with E-state index in [9.17, 15) is 0 Å². The Morgan fingerprint density at radius 1 is 0.719 bits per heavy atom. The molecule has 296 valence electrons.